The van der Waals surface area contributed by atoms with Gasteiger partial charge in [-0.3, -0.25) is 0 Å². The third kappa shape index (κ3) is 5.94. The summed E-state index contributed by atoms with van der Waals surface area (Å²) in [7, 11) is 0. The maximum atomic E-state index is 12.7. The molecule has 0 spiro atoms. The number of rotatable bonds is 4. The summed E-state index contributed by atoms with van der Waals surface area (Å²) in [4.78, 5) is 14.5. The van der Waals surface area contributed by atoms with Gasteiger partial charge in [-0.15, -0.1) is 0 Å². The first-order chi connectivity index (χ1) is 11.3. The number of amides is 1. The van der Waals surface area contributed by atoms with Gasteiger partial charge in [0.1, 0.15) is 5.60 Å². The van der Waals surface area contributed by atoms with Crippen LogP contribution in [0, 0.1) is 0 Å². The van der Waals surface area contributed by atoms with Gasteiger partial charge in [0.15, 0.2) is 0 Å². The molecule has 0 aromatic heterocycles. The normalized spacial score (nSPS) is 16.0. The third-order valence-corrected chi connectivity index (χ3v) is 4.75. The van der Waals surface area contributed by atoms with Gasteiger partial charge in [0, 0.05) is 35.3 Å². The van der Waals surface area contributed by atoms with E-state index in [0.29, 0.717) is 31.2 Å². The van der Waals surface area contributed by atoms with Crippen LogP contribution in [0.4, 0.5) is 4.79 Å². The molecule has 0 saturated carbocycles. The van der Waals surface area contributed by atoms with Crippen molar-refractivity contribution in [1.82, 2.24) is 4.90 Å². The Morgan fingerprint density at radius 2 is 2.04 bits per heavy atom. The van der Waals surface area contributed by atoms with Crippen LogP contribution in [0.15, 0.2) is 22.7 Å². The second kappa shape index (κ2) is 8.54. The number of carbonyl (C=O) groups excluding carboxylic acids is 1. The molecule has 6 heteroatoms. The van der Waals surface area contributed by atoms with Gasteiger partial charge in [0.05, 0.1) is 0 Å². The van der Waals surface area contributed by atoms with Crippen LogP contribution in [-0.4, -0.2) is 42.4 Å². The smallest absolute Gasteiger partial charge is 0.410 e. The van der Waals surface area contributed by atoms with Crippen molar-refractivity contribution in [3.05, 3.63) is 33.3 Å². The Morgan fingerprint density at radius 3 is 2.67 bits per heavy atom. The van der Waals surface area contributed by atoms with E-state index in [0.717, 1.165) is 22.9 Å². The maximum Gasteiger partial charge on any atom is 0.410 e. The number of halogens is 2. The lowest BCUT2D eigenvalue weighted by Crippen LogP contribution is -2.46. The fourth-order valence-electron chi connectivity index (χ4n) is 2.72. The number of hydrogen-bond acceptors (Lipinski definition) is 3. The minimum Gasteiger partial charge on any atom is -0.444 e. The van der Waals surface area contributed by atoms with Crippen molar-refractivity contribution < 1.29 is 14.3 Å². The van der Waals surface area contributed by atoms with Crippen LogP contribution in [-0.2, 0) is 15.9 Å². The van der Waals surface area contributed by atoms with Gasteiger partial charge < -0.3 is 14.4 Å². The monoisotopic (exact) mass is 417 g/mol. The number of ether oxygens (including phenoxy) is 2. The quantitative estimate of drug-likeness (QED) is 0.686. The van der Waals surface area contributed by atoms with Crippen molar-refractivity contribution in [1.29, 1.82) is 0 Å². The summed E-state index contributed by atoms with van der Waals surface area (Å²) in [6, 6.07) is 5.93. The highest BCUT2D eigenvalue weighted by Gasteiger charge is 2.29. The molecule has 0 radical (unpaired) electrons. The molecule has 24 heavy (non-hydrogen) atoms. The van der Waals surface area contributed by atoms with Gasteiger partial charge in [-0.25, -0.2) is 4.79 Å². The molecule has 0 N–H and O–H groups in total. The average molecular weight is 419 g/mol. The Bertz CT molecular complexity index is 568. The van der Waals surface area contributed by atoms with Crippen molar-refractivity contribution in [2.75, 3.05) is 19.8 Å². The molecule has 0 aliphatic carbocycles. The molecular weight excluding hydrogens is 394 g/mol. The molecule has 0 atom stereocenters. The minimum absolute atomic E-state index is 0.152. The summed E-state index contributed by atoms with van der Waals surface area (Å²) in [6.45, 7) is 7.60. The molecule has 1 aromatic carbocycles. The standard InChI is InChI=1S/C18H25BrClNO3/c1-18(2,3)24-17(22)21(15-7-10-23-11-8-15)9-6-13-12-14(19)4-5-16(13)20/h4-5,12,15H,6-11H2,1-3H3. The van der Waals surface area contributed by atoms with Crippen LogP contribution in [0.1, 0.15) is 39.2 Å². The second-order valence-corrected chi connectivity index (χ2v) is 8.33. The highest BCUT2D eigenvalue weighted by molar-refractivity contribution is 9.10. The molecule has 1 aromatic rings. The molecule has 0 unspecified atom stereocenters. The number of benzene rings is 1. The molecule has 1 saturated heterocycles. The lowest BCUT2D eigenvalue weighted by Gasteiger charge is -2.35. The number of carbonyl (C=O) groups is 1. The van der Waals surface area contributed by atoms with Crippen LogP contribution in [0.2, 0.25) is 5.02 Å². The SMILES string of the molecule is CC(C)(C)OC(=O)N(CCc1cc(Br)ccc1Cl)C1CCOCC1. The van der Waals surface area contributed by atoms with Crippen LogP contribution in [0.5, 0.6) is 0 Å². The van der Waals surface area contributed by atoms with Crippen molar-refractivity contribution in [3.8, 4) is 0 Å². The van der Waals surface area contributed by atoms with E-state index in [9.17, 15) is 4.79 Å². The lowest BCUT2D eigenvalue weighted by atomic mass is 10.1. The Morgan fingerprint density at radius 1 is 1.38 bits per heavy atom. The summed E-state index contributed by atoms with van der Waals surface area (Å²) in [6.07, 6.45) is 2.10. The minimum atomic E-state index is -0.506. The van der Waals surface area contributed by atoms with E-state index in [4.69, 9.17) is 21.1 Å². The summed E-state index contributed by atoms with van der Waals surface area (Å²) in [5.74, 6) is 0. The van der Waals surface area contributed by atoms with E-state index in [1.165, 1.54) is 0 Å². The number of hydrogen-bond donors (Lipinski definition) is 0. The average Bonchev–Trinajstić information content (AvgIpc) is 2.50. The summed E-state index contributed by atoms with van der Waals surface area (Å²) in [5.41, 5.74) is 0.514. The molecule has 134 valence electrons. The Kier molecular flexibility index (Phi) is 6.96. The predicted octanol–water partition coefficient (Wildman–Crippen LogP) is 5.06. The Balaban J connectivity index is 2.09. The highest BCUT2D eigenvalue weighted by Crippen LogP contribution is 2.24. The first-order valence-electron chi connectivity index (χ1n) is 8.27. The van der Waals surface area contributed by atoms with Gasteiger partial charge in [-0.1, -0.05) is 27.5 Å². The summed E-state index contributed by atoms with van der Waals surface area (Å²) < 4.78 is 12.0. The zero-order chi connectivity index (χ0) is 17.7. The predicted molar refractivity (Wildman–Crippen MR) is 99.6 cm³/mol. The van der Waals surface area contributed by atoms with Crippen molar-refractivity contribution in [2.24, 2.45) is 0 Å². The van der Waals surface area contributed by atoms with Gasteiger partial charge in [-0.05, 0) is 63.8 Å². The first-order valence-corrected chi connectivity index (χ1v) is 9.44. The second-order valence-electron chi connectivity index (χ2n) is 7.00. The molecule has 1 heterocycles. The molecule has 2 rings (SSSR count). The van der Waals surface area contributed by atoms with E-state index in [2.05, 4.69) is 15.9 Å². The topological polar surface area (TPSA) is 38.8 Å². The van der Waals surface area contributed by atoms with E-state index in [-0.39, 0.29) is 12.1 Å². The molecule has 1 aliphatic heterocycles. The molecule has 1 aliphatic rings. The number of nitrogens with zero attached hydrogens (tertiary/aromatic N) is 1. The molecule has 4 nitrogen and oxygen atoms in total. The summed E-state index contributed by atoms with van der Waals surface area (Å²) in [5, 5.41) is 0.717. The molecule has 0 bridgehead atoms. The largest absolute Gasteiger partial charge is 0.444 e. The fraction of sp³-hybridized carbons (Fsp3) is 0.611. The first kappa shape index (κ1) is 19.5. The third-order valence-electron chi connectivity index (χ3n) is 3.89. The molecule has 1 amide bonds. The fourth-order valence-corrected chi connectivity index (χ4v) is 3.34. The van der Waals surface area contributed by atoms with Crippen molar-refractivity contribution in [2.45, 2.75) is 51.7 Å². The molecular formula is C18H25BrClNO3. The maximum absolute atomic E-state index is 12.7. The zero-order valence-electron chi connectivity index (χ0n) is 14.5. The van der Waals surface area contributed by atoms with Gasteiger partial charge in [0.25, 0.3) is 0 Å². The van der Waals surface area contributed by atoms with Crippen LogP contribution in [0.3, 0.4) is 0 Å². The van der Waals surface area contributed by atoms with Gasteiger partial charge in [-0.2, -0.15) is 0 Å². The van der Waals surface area contributed by atoms with E-state index >= 15 is 0 Å². The Hall–Kier alpha value is -0.780. The van der Waals surface area contributed by atoms with Gasteiger partial charge in [0.2, 0.25) is 0 Å². The Labute approximate surface area is 157 Å². The van der Waals surface area contributed by atoms with Crippen molar-refractivity contribution >= 4 is 33.6 Å². The zero-order valence-corrected chi connectivity index (χ0v) is 16.8. The van der Waals surface area contributed by atoms with E-state index < -0.39 is 5.60 Å². The van der Waals surface area contributed by atoms with Crippen LogP contribution < -0.4 is 0 Å². The van der Waals surface area contributed by atoms with Crippen LogP contribution in [0.25, 0.3) is 0 Å². The van der Waals surface area contributed by atoms with E-state index in [1.807, 2.05) is 43.9 Å². The summed E-state index contributed by atoms with van der Waals surface area (Å²) >= 11 is 9.74. The van der Waals surface area contributed by atoms with Gasteiger partial charge >= 0.3 is 6.09 Å². The van der Waals surface area contributed by atoms with Crippen molar-refractivity contribution in [3.63, 3.8) is 0 Å². The molecule has 1 fully saturated rings. The highest BCUT2D eigenvalue weighted by atomic mass is 79.9. The lowest BCUT2D eigenvalue weighted by molar-refractivity contribution is -0.00525. The van der Waals surface area contributed by atoms with E-state index in [1.54, 1.807) is 0 Å². The van der Waals surface area contributed by atoms with Crippen LogP contribution >= 0.6 is 27.5 Å².